The maximum atomic E-state index is 12.4. The van der Waals surface area contributed by atoms with Gasteiger partial charge in [-0.1, -0.05) is 12.1 Å². The van der Waals surface area contributed by atoms with Gasteiger partial charge in [0.25, 0.3) is 5.91 Å². The lowest BCUT2D eigenvalue weighted by Crippen LogP contribution is -2.44. The first-order chi connectivity index (χ1) is 15.8. The Balaban J connectivity index is 1.35. The number of benzene rings is 2. The topological polar surface area (TPSA) is 119 Å². The Morgan fingerprint density at radius 1 is 1.00 bits per heavy atom. The molecular weight excluding hydrogens is 420 g/mol. The Bertz CT molecular complexity index is 1230. The third-order valence-electron chi connectivity index (χ3n) is 5.75. The van der Waals surface area contributed by atoms with Gasteiger partial charge in [0.15, 0.2) is 0 Å². The molecule has 1 aliphatic rings. The summed E-state index contributed by atoms with van der Waals surface area (Å²) in [6.07, 6.45) is 1.70. The van der Waals surface area contributed by atoms with Crippen LogP contribution in [0.2, 0.25) is 0 Å². The highest BCUT2D eigenvalue weighted by Crippen LogP contribution is 2.29. The van der Waals surface area contributed by atoms with E-state index in [0.29, 0.717) is 17.9 Å². The third-order valence-corrected chi connectivity index (χ3v) is 5.75. The molecule has 170 valence electrons. The number of carbonyl (C=O) groups excluding carboxylic acids is 3. The fraction of sp³-hybridized carbons (Fsp3) is 0.250. The number of aromatic amines is 1. The van der Waals surface area contributed by atoms with Crippen LogP contribution in [0.4, 0.5) is 16.2 Å². The smallest absolute Gasteiger partial charge is 0.312 e. The molecule has 0 fully saturated rings. The van der Waals surface area contributed by atoms with Gasteiger partial charge in [-0.15, -0.1) is 0 Å². The van der Waals surface area contributed by atoms with Crippen molar-refractivity contribution in [2.45, 2.75) is 33.6 Å². The van der Waals surface area contributed by atoms with Gasteiger partial charge >= 0.3 is 6.03 Å². The van der Waals surface area contributed by atoms with Crippen LogP contribution in [-0.4, -0.2) is 34.6 Å². The number of amides is 4. The first-order valence-electron chi connectivity index (χ1n) is 10.7. The summed E-state index contributed by atoms with van der Waals surface area (Å²) in [4.78, 5) is 38.2. The number of hydrogen-bond donors (Lipinski definition) is 4. The van der Waals surface area contributed by atoms with E-state index in [2.05, 4.69) is 26.4 Å². The van der Waals surface area contributed by atoms with Crippen molar-refractivity contribution in [2.75, 3.05) is 16.8 Å². The summed E-state index contributed by atoms with van der Waals surface area (Å²) in [5.41, 5.74) is 11.2. The number of aryl methyl sites for hydroxylation is 3. The maximum Gasteiger partial charge on any atom is 0.337 e. The van der Waals surface area contributed by atoms with Gasteiger partial charge in [-0.05, 0) is 73.7 Å². The van der Waals surface area contributed by atoms with Crippen LogP contribution in [0.15, 0.2) is 42.5 Å². The van der Waals surface area contributed by atoms with Crippen molar-refractivity contribution in [3.05, 3.63) is 64.8 Å². The molecular formula is C24H26N6O3. The van der Waals surface area contributed by atoms with Gasteiger partial charge in [0.2, 0.25) is 5.91 Å². The number of H-pyrrole nitrogens is 1. The van der Waals surface area contributed by atoms with E-state index in [9.17, 15) is 14.4 Å². The van der Waals surface area contributed by atoms with Gasteiger partial charge in [-0.2, -0.15) is 5.10 Å². The van der Waals surface area contributed by atoms with E-state index in [1.165, 1.54) is 5.56 Å². The predicted molar refractivity (Wildman–Crippen MR) is 126 cm³/mol. The second-order valence-corrected chi connectivity index (χ2v) is 8.12. The summed E-state index contributed by atoms with van der Waals surface area (Å²) < 4.78 is 0. The predicted octanol–water partition coefficient (Wildman–Crippen LogP) is 3.46. The second kappa shape index (κ2) is 9.15. The van der Waals surface area contributed by atoms with Gasteiger partial charge in [-0.3, -0.25) is 20.1 Å². The van der Waals surface area contributed by atoms with Crippen molar-refractivity contribution in [1.29, 1.82) is 0 Å². The van der Waals surface area contributed by atoms with Gasteiger partial charge in [0.1, 0.15) is 5.69 Å². The van der Waals surface area contributed by atoms with Crippen molar-refractivity contribution >= 4 is 29.2 Å². The van der Waals surface area contributed by atoms with Crippen molar-refractivity contribution in [3.8, 4) is 11.3 Å². The molecule has 1 aliphatic heterocycles. The molecule has 9 heteroatoms. The quantitative estimate of drug-likeness (QED) is 0.461. The fourth-order valence-electron chi connectivity index (χ4n) is 3.83. The highest BCUT2D eigenvalue weighted by molar-refractivity contribution is 5.97. The summed E-state index contributed by atoms with van der Waals surface area (Å²) in [5.74, 6) is -0.521. The van der Waals surface area contributed by atoms with Gasteiger partial charge in [0.05, 0.1) is 5.69 Å². The number of fused-ring (bicyclic) bond motifs is 1. The number of carbonyl (C=O) groups is 3. The van der Waals surface area contributed by atoms with E-state index in [1.54, 1.807) is 24.0 Å². The molecule has 0 atom stereocenters. The molecule has 3 aromatic rings. The standard InChI is InChI=1S/C24H26N6O3/c1-14-6-7-17(11-15(14)2)20-13-21(27-26-20)23(32)28-29-24(33)25-19-8-9-22-18(12-19)5-4-10-30(22)16(3)31/h6-9,11-13H,4-5,10H2,1-3H3,(H,26,27)(H,28,32)(H2,25,29,33). The van der Waals surface area contributed by atoms with Crippen LogP contribution in [0.25, 0.3) is 11.3 Å². The van der Waals surface area contributed by atoms with Crippen LogP contribution in [0.1, 0.15) is 40.5 Å². The molecule has 4 amide bonds. The lowest BCUT2D eigenvalue weighted by atomic mass is 10.0. The minimum atomic E-state index is -0.587. The first kappa shape index (κ1) is 22.1. The van der Waals surface area contributed by atoms with Crippen LogP contribution in [0, 0.1) is 13.8 Å². The summed E-state index contributed by atoms with van der Waals surface area (Å²) in [7, 11) is 0. The third kappa shape index (κ3) is 4.87. The Kier molecular flexibility index (Phi) is 6.12. The highest BCUT2D eigenvalue weighted by Gasteiger charge is 2.20. The van der Waals surface area contributed by atoms with E-state index in [0.717, 1.165) is 35.2 Å². The Hall–Kier alpha value is -4.14. The molecule has 0 saturated heterocycles. The van der Waals surface area contributed by atoms with Crippen LogP contribution in [0.3, 0.4) is 0 Å². The zero-order valence-electron chi connectivity index (χ0n) is 18.8. The van der Waals surface area contributed by atoms with Crippen LogP contribution >= 0.6 is 0 Å². The zero-order chi connectivity index (χ0) is 23.5. The van der Waals surface area contributed by atoms with Crippen molar-refractivity contribution in [1.82, 2.24) is 21.0 Å². The number of urea groups is 1. The minimum absolute atomic E-state index is 0.00316. The maximum absolute atomic E-state index is 12.4. The molecule has 0 saturated carbocycles. The SMILES string of the molecule is CC(=O)N1CCCc2cc(NC(=O)NNC(=O)c3cc(-c4ccc(C)c(C)c4)n[nH]3)ccc21. The monoisotopic (exact) mass is 446 g/mol. The number of hydrazine groups is 1. The van der Waals surface area contributed by atoms with Gasteiger partial charge in [-0.25, -0.2) is 10.2 Å². The normalized spacial score (nSPS) is 12.6. The Morgan fingerprint density at radius 2 is 1.82 bits per heavy atom. The Morgan fingerprint density at radius 3 is 2.58 bits per heavy atom. The number of anilines is 2. The van der Waals surface area contributed by atoms with E-state index in [1.807, 2.05) is 44.2 Å². The lowest BCUT2D eigenvalue weighted by Gasteiger charge is -2.28. The summed E-state index contributed by atoms with van der Waals surface area (Å²) in [6.45, 7) is 6.29. The van der Waals surface area contributed by atoms with E-state index in [-0.39, 0.29) is 11.6 Å². The minimum Gasteiger partial charge on any atom is -0.312 e. The molecule has 0 aliphatic carbocycles. The van der Waals surface area contributed by atoms with Crippen molar-refractivity contribution < 1.29 is 14.4 Å². The number of nitrogens with zero attached hydrogens (tertiary/aromatic N) is 2. The molecule has 4 N–H and O–H groups in total. The zero-order valence-corrected chi connectivity index (χ0v) is 18.8. The first-order valence-corrected chi connectivity index (χ1v) is 10.7. The molecule has 4 rings (SSSR count). The van der Waals surface area contributed by atoms with Crippen LogP contribution in [-0.2, 0) is 11.2 Å². The van der Waals surface area contributed by atoms with E-state index in [4.69, 9.17) is 0 Å². The van der Waals surface area contributed by atoms with Crippen molar-refractivity contribution in [3.63, 3.8) is 0 Å². The largest absolute Gasteiger partial charge is 0.337 e. The molecule has 0 spiro atoms. The second-order valence-electron chi connectivity index (χ2n) is 8.12. The fourth-order valence-corrected chi connectivity index (χ4v) is 3.83. The lowest BCUT2D eigenvalue weighted by molar-refractivity contribution is -0.116. The number of hydrogen-bond acceptors (Lipinski definition) is 4. The molecule has 2 heterocycles. The number of nitrogens with one attached hydrogen (secondary N) is 4. The van der Waals surface area contributed by atoms with Crippen LogP contribution < -0.4 is 21.1 Å². The number of aromatic nitrogens is 2. The molecule has 1 aromatic heterocycles. The Labute approximate surface area is 191 Å². The molecule has 0 unspecified atom stereocenters. The number of rotatable bonds is 3. The molecule has 33 heavy (non-hydrogen) atoms. The average molecular weight is 447 g/mol. The highest BCUT2D eigenvalue weighted by atomic mass is 16.2. The summed E-state index contributed by atoms with van der Waals surface area (Å²) >= 11 is 0. The summed E-state index contributed by atoms with van der Waals surface area (Å²) in [6, 6.07) is 12.4. The van der Waals surface area contributed by atoms with Gasteiger partial charge in [0, 0.05) is 30.4 Å². The molecule has 0 radical (unpaired) electrons. The molecule has 2 aromatic carbocycles. The van der Waals surface area contributed by atoms with Crippen LogP contribution in [0.5, 0.6) is 0 Å². The summed E-state index contributed by atoms with van der Waals surface area (Å²) in [5, 5.41) is 9.57. The average Bonchev–Trinajstić information content (AvgIpc) is 3.29. The van der Waals surface area contributed by atoms with Crippen molar-refractivity contribution in [2.24, 2.45) is 0 Å². The molecule has 9 nitrogen and oxygen atoms in total. The van der Waals surface area contributed by atoms with E-state index < -0.39 is 11.9 Å². The van der Waals surface area contributed by atoms with Gasteiger partial charge < -0.3 is 10.2 Å². The molecule has 0 bridgehead atoms. The van der Waals surface area contributed by atoms with E-state index >= 15 is 0 Å².